The van der Waals surface area contributed by atoms with Gasteiger partial charge in [-0.2, -0.15) is 4.99 Å². The average Bonchev–Trinajstić information content (AvgIpc) is 3.02. The lowest BCUT2D eigenvalue weighted by molar-refractivity contribution is -0.119. The Balaban J connectivity index is 1.60. The zero-order valence-corrected chi connectivity index (χ0v) is 19.7. The van der Waals surface area contributed by atoms with Crippen molar-refractivity contribution in [3.05, 3.63) is 27.5 Å². The number of rotatable bonds is 8. The van der Waals surface area contributed by atoms with Crippen LogP contribution < -0.4 is 10.1 Å². The second-order valence-corrected chi connectivity index (χ2v) is 9.95. The van der Waals surface area contributed by atoms with Gasteiger partial charge in [0.25, 0.3) is 5.91 Å². The van der Waals surface area contributed by atoms with Gasteiger partial charge in [-0.3, -0.25) is 9.59 Å². The third-order valence-corrected chi connectivity index (χ3v) is 7.26. The fraction of sp³-hybridized carbons (Fsp3) is 0.550. The van der Waals surface area contributed by atoms with Crippen LogP contribution in [0.4, 0.5) is 0 Å². The van der Waals surface area contributed by atoms with Gasteiger partial charge in [0, 0.05) is 24.2 Å². The monoisotopic (exact) mass is 499 g/mol. The number of methoxy groups -OCH3 is 1. The number of nitrogens with one attached hydrogen (secondary N) is 1. The molecule has 0 saturated heterocycles. The van der Waals surface area contributed by atoms with Crippen molar-refractivity contribution in [1.29, 1.82) is 0 Å². The molecule has 29 heavy (non-hydrogen) atoms. The summed E-state index contributed by atoms with van der Waals surface area (Å²) in [7, 11) is 1.66. The third-order valence-electron chi connectivity index (χ3n) is 4.81. The van der Waals surface area contributed by atoms with Crippen molar-refractivity contribution in [2.75, 3.05) is 25.2 Å². The molecular weight excluding hydrogens is 474 g/mol. The van der Waals surface area contributed by atoms with E-state index in [4.69, 9.17) is 4.74 Å². The molecule has 0 spiro atoms. The third kappa shape index (κ3) is 6.67. The summed E-state index contributed by atoms with van der Waals surface area (Å²) in [6.45, 7) is 1.17. The van der Waals surface area contributed by atoms with Gasteiger partial charge in [0.15, 0.2) is 4.80 Å². The Bertz CT molecular complexity index is 919. The van der Waals surface area contributed by atoms with Crippen LogP contribution in [0, 0.1) is 0 Å². The first kappa shape index (κ1) is 22.5. The molecule has 1 fully saturated rings. The Morgan fingerprint density at radius 2 is 2.10 bits per heavy atom. The van der Waals surface area contributed by atoms with E-state index in [1.807, 2.05) is 22.8 Å². The molecule has 158 valence electrons. The number of halogens is 1. The Morgan fingerprint density at radius 3 is 2.86 bits per heavy atom. The molecule has 1 aliphatic carbocycles. The van der Waals surface area contributed by atoms with Gasteiger partial charge in [0.2, 0.25) is 5.91 Å². The van der Waals surface area contributed by atoms with Crippen LogP contribution >= 0.6 is 39.0 Å². The molecule has 1 aromatic heterocycles. The molecule has 1 saturated carbocycles. The minimum atomic E-state index is -0.225. The van der Waals surface area contributed by atoms with E-state index in [1.54, 1.807) is 7.11 Å². The summed E-state index contributed by atoms with van der Waals surface area (Å²) in [6, 6.07) is 6.32. The van der Waals surface area contributed by atoms with Crippen LogP contribution in [-0.4, -0.2) is 47.6 Å². The zero-order valence-electron chi connectivity index (χ0n) is 16.5. The summed E-state index contributed by atoms with van der Waals surface area (Å²) in [6.07, 6.45) is 5.76. The smallest absolute Gasteiger partial charge is 0.258 e. The topological polar surface area (TPSA) is 72.7 Å². The molecule has 1 aliphatic rings. The summed E-state index contributed by atoms with van der Waals surface area (Å²) in [5, 5.41) is 3.08. The number of thioether (sulfide) groups is 1. The molecule has 2 aromatic rings. The molecule has 1 aromatic carbocycles. The Labute approximate surface area is 187 Å². The quantitative estimate of drug-likeness (QED) is 0.600. The lowest BCUT2D eigenvalue weighted by Gasteiger charge is -2.22. The number of amides is 2. The summed E-state index contributed by atoms with van der Waals surface area (Å²) >= 11 is 6.29. The van der Waals surface area contributed by atoms with Crippen molar-refractivity contribution in [2.24, 2.45) is 4.99 Å². The second-order valence-electron chi connectivity index (χ2n) is 7.04. The molecular formula is C20H26BrN3O3S2. The summed E-state index contributed by atoms with van der Waals surface area (Å²) in [4.78, 5) is 29.4. The molecule has 6 nitrogen and oxygen atoms in total. The number of carbonyl (C=O) groups is 2. The van der Waals surface area contributed by atoms with E-state index in [9.17, 15) is 9.59 Å². The number of nitrogens with zero attached hydrogens (tertiary/aromatic N) is 2. The number of hydrogen-bond donors (Lipinski definition) is 1. The fourth-order valence-electron chi connectivity index (χ4n) is 3.42. The highest BCUT2D eigenvalue weighted by Gasteiger charge is 2.16. The standard InChI is InChI=1S/C20H26BrN3O3S2/c1-27-10-9-24-16-8-7-14(21)11-17(16)29-20(24)23-19(26)13-28-12-18(25)22-15-5-3-2-4-6-15/h7-8,11,15H,2-6,9-10,12-13H2,1H3,(H,22,25). The van der Waals surface area contributed by atoms with E-state index < -0.39 is 0 Å². The van der Waals surface area contributed by atoms with E-state index >= 15 is 0 Å². The Kier molecular flexibility index (Phi) is 8.77. The molecule has 9 heteroatoms. The summed E-state index contributed by atoms with van der Waals surface area (Å²) < 4.78 is 9.25. The van der Waals surface area contributed by atoms with Crippen molar-refractivity contribution in [1.82, 2.24) is 9.88 Å². The molecule has 2 amide bonds. The highest BCUT2D eigenvalue weighted by Crippen LogP contribution is 2.22. The van der Waals surface area contributed by atoms with Gasteiger partial charge in [-0.05, 0) is 31.0 Å². The van der Waals surface area contributed by atoms with E-state index in [-0.39, 0.29) is 17.6 Å². The molecule has 0 aliphatic heterocycles. The van der Waals surface area contributed by atoms with Crippen LogP contribution in [0.25, 0.3) is 10.2 Å². The first-order valence-corrected chi connectivity index (χ1v) is 12.6. The van der Waals surface area contributed by atoms with E-state index in [1.165, 1.54) is 42.4 Å². The number of ether oxygens (including phenoxy) is 1. The molecule has 1 N–H and O–H groups in total. The predicted octanol–water partition coefficient (Wildman–Crippen LogP) is 3.72. The van der Waals surface area contributed by atoms with Gasteiger partial charge in [0.05, 0.1) is 28.3 Å². The van der Waals surface area contributed by atoms with E-state index in [0.717, 1.165) is 27.5 Å². The molecule has 1 heterocycles. The van der Waals surface area contributed by atoms with Crippen molar-refractivity contribution >= 4 is 61.1 Å². The molecule has 3 rings (SSSR count). The fourth-order valence-corrected chi connectivity index (χ4v) is 5.65. The highest BCUT2D eigenvalue weighted by molar-refractivity contribution is 9.10. The van der Waals surface area contributed by atoms with Crippen molar-refractivity contribution < 1.29 is 14.3 Å². The maximum atomic E-state index is 12.4. The van der Waals surface area contributed by atoms with Crippen LogP contribution in [0.1, 0.15) is 32.1 Å². The molecule has 0 radical (unpaired) electrons. The average molecular weight is 500 g/mol. The maximum Gasteiger partial charge on any atom is 0.258 e. The van der Waals surface area contributed by atoms with Gasteiger partial charge < -0.3 is 14.6 Å². The first-order chi connectivity index (χ1) is 14.1. The lowest BCUT2D eigenvalue weighted by atomic mass is 9.95. The Hall–Kier alpha value is -1.16. The van der Waals surface area contributed by atoms with Crippen LogP contribution in [0.2, 0.25) is 0 Å². The Morgan fingerprint density at radius 1 is 1.31 bits per heavy atom. The SMILES string of the molecule is COCCn1c(=NC(=O)CSCC(=O)NC2CCCCC2)sc2cc(Br)ccc21. The van der Waals surface area contributed by atoms with Crippen LogP contribution in [-0.2, 0) is 20.9 Å². The largest absolute Gasteiger partial charge is 0.383 e. The highest BCUT2D eigenvalue weighted by atomic mass is 79.9. The number of aromatic nitrogens is 1. The van der Waals surface area contributed by atoms with Crippen molar-refractivity contribution in [3.63, 3.8) is 0 Å². The van der Waals surface area contributed by atoms with Gasteiger partial charge in [0.1, 0.15) is 0 Å². The van der Waals surface area contributed by atoms with Crippen LogP contribution in [0.3, 0.4) is 0 Å². The van der Waals surface area contributed by atoms with Gasteiger partial charge >= 0.3 is 0 Å². The molecule has 0 atom stereocenters. The second kappa shape index (κ2) is 11.3. The number of carbonyl (C=O) groups excluding carboxylic acids is 2. The van der Waals surface area contributed by atoms with Gasteiger partial charge in [-0.1, -0.05) is 46.5 Å². The van der Waals surface area contributed by atoms with E-state index in [2.05, 4.69) is 26.2 Å². The minimum absolute atomic E-state index is 0.0107. The van der Waals surface area contributed by atoms with Crippen molar-refractivity contribution in [3.8, 4) is 0 Å². The number of hydrogen-bond acceptors (Lipinski definition) is 5. The number of benzene rings is 1. The summed E-state index contributed by atoms with van der Waals surface area (Å²) in [5.41, 5.74) is 1.03. The summed E-state index contributed by atoms with van der Waals surface area (Å²) in [5.74, 6) is 0.273. The van der Waals surface area contributed by atoms with Gasteiger partial charge in [-0.15, -0.1) is 11.8 Å². The normalized spacial score (nSPS) is 15.7. The predicted molar refractivity (Wildman–Crippen MR) is 122 cm³/mol. The lowest BCUT2D eigenvalue weighted by Crippen LogP contribution is -2.37. The number of fused-ring (bicyclic) bond motifs is 1. The van der Waals surface area contributed by atoms with E-state index in [0.29, 0.717) is 29.7 Å². The number of thiazole rings is 1. The zero-order chi connectivity index (χ0) is 20.6. The van der Waals surface area contributed by atoms with Gasteiger partial charge in [-0.25, -0.2) is 0 Å². The minimum Gasteiger partial charge on any atom is -0.383 e. The van der Waals surface area contributed by atoms with Crippen molar-refractivity contribution in [2.45, 2.75) is 44.7 Å². The molecule has 0 bridgehead atoms. The first-order valence-electron chi connectivity index (χ1n) is 9.79. The van der Waals surface area contributed by atoms with Crippen LogP contribution in [0.5, 0.6) is 0 Å². The molecule has 0 unspecified atom stereocenters. The maximum absolute atomic E-state index is 12.4. The van der Waals surface area contributed by atoms with Crippen LogP contribution in [0.15, 0.2) is 27.7 Å².